The summed E-state index contributed by atoms with van der Waals surface area (Å²) in [6.07, 6.45) is -1.63. The van der Waals surface area contributed by atoms with Crippen molar-refractivity contribution in [2.24, 2.45) is 0 Å². The lowest BCUT2D eigenvalue weighted by molar-refractivity contribution is -0.147. The summed E-state index contributed by atoms with van der Waals surface area (Å²) >= 11 is 5.92. The largest absolute Gasteiger partial charge is 0.495 e. The smallest absolute Gasteiger partial charge is 0.337 e. The van der Waals surface area contributed by atoms with Crippen LogP contribution in [-0.2, 0) is 4.79 Å². The standard InChI is InChI=1S/C10H11ClO4/c1-5-3-4-6(8(12)10(13)14)9(15-2)7(5)11/h3-4,8,12H,1-2H3,(H,13,14). The van der Waals surface area contributed by atoms with Gasteiger partial charge in [0.05, 0.1) is 12.1 Å². The summed E-state index contributed by atoms with van der Waals surface area (Å²) < 4.78 is 4.97. The van der Waals surface area contributed by atoms with Crippen molar-refractivity contribution in [1.29, 1.82) is 0 Å². The van der Waals surface area contributed by atoms with Crippen LogP contribution in [0.15, 0.2) is 12.1 Å². The molecule has 2 N–H and O–H groups in total. The summed E-state index contributed by atoms with van der Waals surface area (Å²) in [6.45, 7) is 1.77. The first-order chi connectivity index (χ1) is 6.99. The summed E-state index contributed by atoms with van der Waals surface area (Å²) in [5.41, 5.74) is 0.912. The van der Waals surface area contributed by atoms with Crippen LogP contribution in [0.3, 0.4) is 0 Å². The van der Waals surface area contributed by atoms with E-state index in [4.69, 9.17) is 21.4 Å². The minimum atomic E-state index is -1.63. The molecule has 0 aliphatic rings. The first kappa shape index (κ1) is 11.8. The van der Waals surface area contributed by atoms with Crippen molar-refractivity contribution in [1.82, 2.24) is 0 Å². The van der Waals surface area contributed by atoms with Crippen LogP contribution < -0.4 is 4.74 Å². The van der Waals surface area contributed by atoms with Gasteiger partial charge in [-0.05, 0) is 12.5 Å². The van der Waals surface area contributed by atoms with Gasteiger partial charge < -0.3 is 14.9 Å². The number of carboxylic acid groups (broad SMARTS) is 1. The predicted octanol–water partition coefficient (Wildman–Crippen LogP) is 1.78. The number of aryl methyl sites for hydroxylation is 1. The minimum absolute atomic E-state index is 0.153. The van der Waals surface area contributed by atoms with E-state index < -0.39 is 12.1 Å². The number of hydrogen-bond acceptors (Lipinski definition) is 3. The number of rotatable bonds is 3. The molecule has 0 fully saturated rings. The molecule has 0 aromatic heterocycles. The van der Waals surface area contributed by atoms with Gasteiger partial charge >= 0.3 is 5.97 Å². The molecule has 0 aliphatic carbocycles. The van der Waals surface area contributed by atoms with Crippen molar-refractivity contribution >= 4 is 17.6 Å². The fourth-order valence-corrected chi connectivity index (χ4v) is 1.47. The number of aliphatic hydroxyl groups excluding tert-OH is 1. The maximum atomic E-state index is 10.6. The van der Waals surface area contributed by atoms with Gasteiger partial charge in [0.2, 0.25) is 0 Å². The number of aliphatic carboxylic acids is 1. The highest BCUT2D eigenvalue weighted by molar-refractivity contribution is 6.33. The molecular formula is C10H11ClO4. The summed E-state index contributed by atoms with van der Waals surface area (Å²) in [7, 11) is 1.37. The summed E-state index contributed by atoms with van der Waals surface area (Å²) in [4.78, 5) is 10.6. The molecule has 0 saturated heterocycles. The molecule has 4 nitrogen and oxygen atoms in total. The van der Waals surface area contributed by atoms with Crippen molar-refractivity contribution in [3.05, 3.63) is 28.3 Å². The number of benzene rings is 1. The van der Waals surface area contributed by atoms with Crippen LogP contribution in [0.5, 0.6) is 5.75 Å². The van der Waals surface area contributed by atoms with Gasteiger partial charge in [0.1, 0.15) is 5.75 Å². The number of aliphatic hydroxyl groups is 1. The Kier molecular flexibility index (Phi) is 3.55. The number of halogens is 1. The molecule has 0 spiro atoms. The Labute approximate surface area is 92.1 Å². The van der Waals surface area contributed by atoms with E-state index in [0.717, 1.165) is 5.56 Å². The average molecular weight is 231 g/mol. The molecule has 1 aromatic rings. The SMILES string of the molecule is COc1c(C(O)C(=O)O)ccc(C)c1Cl. The molecule has 0 bridgehead atoms. The first-order valence-corrected chi connectivity index (χ1v) is 4.60. The van der Waals surface area contributed by atoms with E-state index in [0.29, 0.717) is 5.02 Å². The molecule has 15 heavy (non-hydrogen) atoms. The van der Waals surface area contributed by atoms with Crippen molar-refractivity contribution in [3.63, 3.8) is 0 Å². The molecule has 0 aliphatic heterocycles. The highest BCUT2D eigenvalue weighted by Gasteiger charge is 2.22. The average Bonchev–Trinajstić information content (AvgIpc) is 2.20. The van der Waals surface area contributed by atoms with E-state index in [1.807, 2.05) is 0 Å². The monoisotopic (exact) mass is 230 g/mol. The quantitative estimate of drug-likeness (QED) is 0.831. The third-order valence-electron chi connectivity index (χ3n) is 2.05. The maximum Gasteiger partial charge on any atom is 0.337 e. The maximum absolute atomic E-state index is 10.6. The van der Waals surface area contributed by atoms with Crippen molar-refractivity contribution < 1.29 is 19.7 Å². The fourth-order valence-electron chi connectivity index (χ4n) is 1.23. The molecule has 1 atom stereocenters. The van der Waals surface area contributed by atoms with Gasteiger partial charge in [0.15, 0.2) is 6.10 Å². The Morgan fingerprint density at radius 1 is 1.53 bits per heavy atom. The molecule has 0 radical (unpaired) electrons. The number of hydrogen-bond donors (Lipinski definition) is 2. The molecule has 5 heteroatoms. The summed E-state index contributed by atoms with van der Waals surface area (Å²) in [6, 6.07) is 3.12. The highest BCUT2D eigenvalue weighted by atomic mass is 35.5. The van der Waals surface area contributed by atoms with Crippen molar-refractivity contribution in [2.75, 3.05) is 7.11 Å². The van der Waals surface area contributed by atoms with E-state index in [9.17, 15) is 9.90 Å². The minimum Gasteiger partial charge on any atom is -0.495 e. The van der Waals surface area contributed by atoms with E-state index >= 15 is 0 Å². The fraction of sp³-hybridized carbons (Fsp3) is 0.300. The number of ether oxygens (including phenoxy) is 1. The van der Waals surface area contributed by atoms with Gasteiger partial charge in [-0.1, -0.05) is 23.7 Å². The highest BCUT2D eigenvalue weighted by Crippen LogP contribution is 2.35. The summed E-state index contributed by atoms with van der Waals surface area (Å²) in [5.74, 6) is -1.14. The van der Waals surface area contributed by atoms with Crippen LogP contribution in [0.4, 0.5) is 0 Å². The lowest BCUT2D eigenvalue weighted by Gasteiger charge is -2.13. The van der Waals surface area contributed by atoms with Crippen molar-refractivity contribution in [3.8, 4) is 5.75 Å². The molecule has 1 unspecified atom stereocenters. The number of methoxy groups -OCH3 is 1. The zero-order chi connectivity index (χ0) is 11.6. The molecule has 0 heterocycles. The Bertz CT molecular complexity index is 389. The second-order valence-corrected chi connectivity index (χ2v) is 3.44. The van der Waals surface area contributed by atoms with Crippen molar-refractivity contribution in [2.45, 2.75) is 13.0 Å². The van der Waals surface area contributed by atoms with E-state index in [2.05, 4.69) is 0 Å². The van der Waals surface area contributed by atoms with Crippen LogP contribution in [0, 0.1) is 6.92 Å². The van der Waals surface area contributed by atoms with Crippen LogP contribution in [0.2, 0.25) is 5.02 Å². The third-order valence-corrected chi connectivity index (χ3v) is 2.52. The molecule has 82 valence electrons. The lowest BCUT2D eigenvalue weighted by Crippen LogP contribution is -2.12. The predicted molar refractivity (Wildman–Crippen MR) is 55.3 cm³/mol. The van der Waals surface area contributed by atoms with E-state index in [1.54, 1.807) is 13.0 Å². The number of carbonyl (C=O) groups is 1. The Hall–Kier alpha value is -1.26. The second kappa shape index (κ2) is 4.51. The Morgan fingerprint density at radius 3 is 2.60 bits per heavy atom. The topological polar surface area (TPSA) is 66.8 Å². The normalized spacial score (nSPS) is 12.3. The Morgan fingerprint density at radius 2 is 2.13 bits per heavy atom. The van der Waals surface area contributed by atoms with Crippen LogP contribution in [0.1, 0.15) is 17.2 Å². The van der Waals surface area contributed by atoms with Gasteiger partial charge in [-0.25, -0.2) is 4.79 Å². The van der Waals surface area contributed by atoms with Gasteiger partial charge in [-0.2, -0.15) is 0 Å². The zero-order valence-electron chi connectivity index (χ0n) is 8.32. The molecule has 1 aromatic carbocycles. The second-order valence-electron chi connectivity index (χ2n) is 3.06. The van der Waals surface area contributed by atoms with Crippen LogP contribution >= 0.6 is 11.6 Å². The Balaban J connectivity index is 3.30. The van der Waals surface area contributed by atoms with Gasteiger partial charge in [-0.3, -0.25) is 0 Å². The van der Waals surface area contributed by atoms with Gasteiger partial charge in [0, 0.05) is 5.56 Å². The van der Waals surface area contributed by atoms with Crippen LogP contribution in [-0.4, -0.2) is 23.3 Å². The molecule has 0 saturated carbocycles. The van der Waals surface area contributed by atoms with Gasteiger partial charge in [0.25, 0.3) is 0 Å². The summed E-state index contributed by atoms with van der Waals surface area (Å²) in [5, 5.41) is 18.4. The first-order valence-electron chi connectivity index (χ1n) is 4.23. The van der Waals surface area contributed by atoms with E-state index in [-0.39, 0.29) is 11.3 Å². The lowest BCUT2D eigenvalue weighted by atomic mass is 10.1. The molecule has 0 amide bonds. The third kappa shape index (κ3) is 2.22. The molecular weight excluding hydrogens is 220 g/mol. The van der Waals surface area contributed by atoms with Gasteiger partial charge in [-0.15, -0.1) is 0 Å². The zero-order valence-corrected chi connectivity index (χ0v) is 9.08. The number of carboxylic acids is 1. The van der Waals surface area contributed by atoms with E-state index in [1.165, 1.54) is 13.2 Å². The molecule has 1 rings (SSSR count). The van der Waals surface area contributed by atoms with Crippen LogP contribution in [0.25, 0.3) is 0 Å².